The molecule has 1 rings (SSSR count). The van der Waals surface area contributed by atoms with Crippen molar-refractivity contribution in [1.29, 1.82) is 0 Å². The average Bonchev–Trinajstić information content (AvgIpc) is 2.38. The van der Waals surface area contributed by atoms with Gasteiger partial charge in [0.25, 0.3) is 0 Å². The first-order valence-corrected chi connectivity index (χ1v) is 6.49. The van der Waals surface area contributed by atoms with Crippen LogP contribution in [0.15, 0.2) is 18.2 Å². The number of anilines is 1. The molecule has 0 saturated carbocycles. The zero-order valence-electron chi connectivity index (χ0n) is 11.4. The van der Waals surface area contributed by atoms with Crippen molar-refractivity contribution in [3.05, 3.63) is 28.8 Å². The molecule has 0 fully saturated rings. The maximum absolute atomic E-state index is 12.1. The van der Waals surface area contributed by atoms with Gasteiger partial charge < -0.3 is 10.4 Å². The van der Waals surface area contributed by atoms with Gasteiger partial charge in [-0.1, -0.05) is 44.2 Å². The van der Waals surface area contributed by atoms with Gasteiger partial charge in [-0.2, -0.15) is 0 Å². The van der Waals surface area contributed by atoms with Crippen molar-refractivity contribution in [3.63, 3.8) is 0 Å². The monoisotopic (exact) mass is 279 g/mol. The molecule has 1 aromatic rings. The van der Waals surface area contributed by atoms with Gasteiger partial charge in [-0.3, -0.25) is 4.79 Å². The molecule has 0 aliphatic heterocycles. The first-order valence-electron chi connectivity index (χ1n) is 6.11. The second-order valence-corrected chi connectivity index (χ2v) is 5.28. The van der Waals surface area contributed by atoms with Gasteiger partial charge in [0.05, 0.1) is 5.69 Å². The van der Waals surface area contributed by atoms with Crippen LogP contribution in [0, 0.1) is 17.3 Å². The molecule has 0 radical (unpaired) electrons. The van der Waals surface area contributed by atoms with Crippen LogP contribution >= 0.6 is 11.6 Å². The number of halogens is 1. The molecule has 0 atom stereocenters. The van der Waals surface area contributed by atoms with Gasteiger partial charge in [-0.05, 0) is 24.6 Å². The van der Waals surface area contributed by atoms with Crippen LogP contribution in [0.3, 0.4) is 0 Å². The maximum Gasteiger partial charge on any atom is 0.230 e. The van der Waals surface area contributed by atoms with Crippen LogP contribution in [0.25, 0.3) is 0 Å². The van der Waals surface area contributed by atoms with Crippen molar-refractivity contribution in [2.45, 2.75) is 27.2 Å². The van der Waals surface area contributed by atoms with Gasteiger partial charge >= 0.3 is 0 Å². The van der Waals surface area contributed by atoms with Crippen LogP contribution in [-0.2, 0) is 4.79 Å². The number of aliphatic hydroxyl groups is 1. The number of carbonyl (C=O) groups is 1. The lowest BCUT2D eigenvalue weighted by atomic mass is 9.89. The van der Waals surface area contributed by atoms with Gasteiger partial charge in [0, 0.05) is 16.0 Å². The summed E-state index contributed by atoms with van der Waals surface area (Å²) in [5.41, 5.74) is 0.764. The van der Waals surface area contributed by atoms with E-state index in [0.717, 1.165) is 6.42 Å². The molecule has 102 valence electrons. The van der Waals surface area contributed by atoms with Gasteiger partial charge in [-0.25, -0.2) is 0 Å². The Kier molecular flexibility index (Phi) is 5.41. The minimum absolute atomic E-state index is 0.0654. The standard InChI is InChI=1S/C15H18ClNO2/c1-4-15(2,3)14(19)17-13-8-7-12(16)10-11(13)6-5-9-18/h7-8,10,18H,4,9H2,1-3H3,(H,17,19). The van der Waals surface area contributed by atoms with E-state index in [-0.39, 0.29) is 12.5 Å². The first-order chi connectivity index (χ1) is 8.90. The fraction of sp³-hybridized carbons (Fsp3) is 0.400. The Labute approximate surface area is 119 Å². The lowest BCUT2D eigenvalue weighted by Gasteiger charge is -2.22. The smallest absolute Gasteiger partial charge is 0.230 e. The average molecular weight is 280 g/mol. The fourth-order valence-electron chi connectivity index (χ4n) is 1.32. The molecule has 1 aromatic carbocycles. The fourth-order valence-corrected chi connectivity index (χ4v) is 1.49. The summed E-state index contributed by atoms with van der Waals surface area (Å²) in [4.78, 5) is 12.1. The lowest BCUT2D eigenvalue weighted by Crippen LogP contribution is -2.30. The van der Waals surface area contributed by atoms with Gasteiger partial charge in [0.2, 0.25) is 5.91 Å². The number of hydrogen-bond donors (Lipinski definition) is 2. The molecule has 3 nitrogen and oxygen atoms in total. The number of carbonyl (C=O) groups excluding carboxylic acids is 1. The quantitative estimate of drug-likeness (QED) is 0.836. The molecule has 4 heteroatoms. The van der Waals surface area contributed by atoms with Gasteiger partial charge in [-0.15, -0.1) is 0 Å². The molecule has 0 unspecified atom stereocenters. The predicted octanol–water partition coefficient (Wildman–Crippen LogP) is 3.06. The molecule has 0 saturated heterocycles. The Hall–Kier alpha value is -1.50. The van der Waals surface area contributed by atoms with E-state index < -0.39 is 5.41 Å². The van der Waals surface area contributed by atoms with Crippen molar-refractivity contribution >= 4 is 23.2 Å². The summed E-state index contributed by atoms with van der Waals surface area (Å²) < 4.78 is 0. The van der Waals surface area contributed by atoms with Crippen molar-refractivity contribution in [3.8, 4) is 11.8 Å². The van der Waals surface area contributed by atoms with Crippen LogP contribution in [-0.4, -0.2) is 17.6 Å². The number of aliphatic hydroxyl groups excluding tert-OH is 1. The Bertz CT molecular complexity index is 527. The third kappa shape index (κ3) is 4.27. The number of hydrogen-bond acceptors (Lipinski definition) is 2. The molecular weight excluding hydrogens is 262 g/mol. The summed E-state index contributed by atoms with van der Waals surface area (Å²) in [5.74, 6) is 5.27. The molecule has 0 aromatic heterocycles. The van der Waals surface area contributed by atoms with Crippen LogP contribution in [0.5, 0.6) is 0 Å². The highest BCUT2D eigenvalue weighted by molar-refractivity contribution is 6.30. The lowest BCUT2D eigenvalue weighted by molar-refractivity contribution is -0.124. The Balaban J connectivity index is 3.04. The summed E-state index contributed by atoms with van der Waals surface area (Å²) in [7, 11) is 0. The van der Waals surface area contributed by atoms with Crippen LogP contribution in [0.1, 0.15) is 32.8 Å². The van der Waals surface area contributed by atoms with E-state index in [9.17, 15) is 4.79 Å². The Morgan fingerprint density at radius 2 is 2.16 bits per heavy atom. The van der Waals surface area contributed by atoms with E-state index in [0.29, 0.717) is 16.3 Å². The SMILES string of the molecule is CCC(C)(C)C(=O)Nc1ccc(Cl)cc1C#CCO. The molecule has 0 aliphatic rings. The highest BCUT2D eigenvalue weighted by atomic mass is 35.5. The molecule has 19 heavy (non-hydrogen) atoms. The molecular formula is C15H18ClNO2. The number of nitrogens with one attached hydrogen (secondary N) is 1. The largest absolute Gasteiger partial charge is 0.384 e. The van der Waals surface area contributed by atoms with E-state index in [1.165, 1.54) is 0 Å². The third-order valence-electron chi connectivity index (χ3n) is 3.03. The highest BCUT2D eigenvalue weighted by Crippen LogP contribution is 2.25. The van der Waals surface area contributed by atoms with Crippen LogP contribution in [0.2, 0.25) is 5.02 Å². The minimum Gasteiger partial charge on any atom is -0.384 e. The van der Waals surface area contributed by atoms with Crippen molar-refractivity contribution in [2.24, 2.45) is 5.41 Å². The number of amides is 1. The summed E-state index contributed by atoms with van der Waals surface area (Å²) in [5, 5.41) is 12.1. The van der Waals surface area contributed by atoms with Gasteiger partial charge in [0.15, 0.2) is 0 Å². The highest BCUT2D eigenvalue weighted by Gasteiger charge is 2.25. The summed E-state index contributed by atoms with van der Waals surface area (Å²) in [6.45, 7) is 5.50. The predicted molar refractivity (Wildman–Crippen MR) is 78.1 cm³/mol. The Morgan fingerprint density at radius 1 is 1.47 bits per heavy atom. The Morgan fingerprint density at radius 3 is 2.74 bits per heavy atom. The summed E-state index contributed by atoms with van der Waals surface area (Å²) in [6.07, 6.45) is 0.740. The second-order valence-electron chi connectivity index (χ2n) is 4.84. The second kappa shape index (κ2) is 6.60. The van der Waals surface area contributed by atoms with E-state index in [2.05, 4.69) is 17.2 Å². The van der Waals surface area contributed by atoms with E-state index >= 15 is 0 Å². The minimum atomic E-state index is -0.443. The van der Waals surface area contributed by atoms with E-state index in [4.69, 9.17) is 16.7 Å². The summed E-state index contributed by atoms with van der Waals surface area (Å²) in [6, 6.07) is 5.08. The van der Waals surface area contributed by atoms with Crippen molar-refractivity contribution < 1.29 is 9.90 Å². The van der Waals surface area contributed by atoms with Crippen molar-refractivity contribution in [2.75, 3.05) is 11.9 Å². The molecule has 2 N–H and O–H groups in total. The zero-order valence-corrected chi connectivity index (χ0v) is 12.1. The topological polar surface area (TPSA) is 49.3 Å². The third-order valence-corrected chi connectivity index (χ3v) is 3.27. The number of rotatable bonds is 3. The molecule has 0 spiro atoms. The summed E-state index contributed by atoms with van der Waals surface area (Å²) >= 11 is 5.91. The molecule has 0 bridgehead atoms. The zero-order chi connectivity index (χ0) is 14.5. The van der Waals surface area contributed by atoms with Crippen LogP contribution < -0.4 is 5.32 Å². The van der Waals surface area contributed by atoms with Gasteiger partial charge in [0.1, 0.15) is 6.61 Å². The number of benzene rings is 1. The van der Waals surface area contributed by atoms with E-state index in [1.807, 2.05) is 20.8 Å². The van der Waals surface area contributed by atoms with Crippen LogP contribution in [0.4, 0.5) is 5.69 Å². The normalized spacial score (nSPS) is 10.6. The molecule has 1 amide bonds. The van der Waals surface area contributed by atoms with Crippen molar-refractivity contribution in [1.82, 2.24) is 0 Å². The first kappa shape index (κ1) is 15.6. The van der Waals surface area contributed by atoms with E-state index in [1.54, 1.807) is 18.2 Å². The maximum atomic E-state index is 12.1. The molecule has 0 aliphatic carbocycles. The molecule has 0 heterocycles.